The molecule has 2 rings (SSSR count). The van der Waals surface area contributed by atoms with E-state index in [1.54, 1.807) is 6.26 Å². The average Bonchev–Trinajstić information content (AvgIpc) is 2.74. The molecule has 4 nitrogen and oxygen atoms in total. The van der Waals surface area contributed by atoms with Crippen molar-refractivity contribution in [3.05, 3.63) is 36.0 Å². The molecule has 2 heterocycles. The van der Waals surface area contributed by atoms with Crippen LogP contribution in [0.25, 0.3) is 0 Å². The van der Waals surface area contributed by atoms with E-state index in [1.165, 1.54) is 11.8 Å². The van der Waals surface area contributed by atoms with Crippen molar-refractivity contribution >= 4 is 11.8 Å². The fourth-order valence-electron chi connectivity index (χ4n) is 1.33. The van der Waals surface area contributed by atoms with Crippen LogP contribution in [-0.4, -0.2) is 16.5 Å². The van der Waals surface area contributed by atoms with Gasteiger partial charge in [-0.3, -0.25) is 0 Å². The highest BCUT2D eigenvalue weighted by molar-refractivity contribution is 7.99. The molecule has 0 amide bonds. The van der Waals surface area contributed by atoms with E-state index in [9.17, 15) is 0 Å². The van der Waals surface area contributed by atoms with Gasteiger partial charge in [-0.25, -0.2) is 9.97 Å². The first-order chi connectivity index (χ1) is 8.29. The van der Waals surface area contributed by atoms with Crippen LogP contribution in [0, 0.1) is 6.92 Å². The number of aromatic nitrogens is 2. The Labute approximate surface area is 105 Å². The number of hydrogen-bond acceptors (Lipinski definition) is 5. The third-order valence-electron chi connectivity index (χ3n) is 2.27. The second-order valence-electron chi connectivity index (χ2n) is 3.60. The summed E-state index contributed by atoms with van der Waals surface area (Å²) in [6.07, 6.45) is 5.39. The number of nitrogens with zero attached hydrogens (tertiary/aromatic N) is 2. The number of aryl methyl sites for hydroxylation is 1. The van der Waals surface area contributed by atoms with Gasteiger partial charge in [0.15, 0.2) is 5.16 Å². The van der Waals surface area contributed by atoms with Gasteiger partial charge in [0.1, 0.15) is 5.76 Å². The molecule has 2 aromatic rings. The maximum Gasteiger partial charge on any atom is 0.192 e. The summed E-state index contributed by atoms with van der Waals surface area (Å²) in [5.41, 5.74) is 1.10. The third-order valence-corrected chi connectivity index (χ3v) is 3.31. The average molecular weight is 249 g/mol. The molecule has 0 unspecified atom stereocenters. The molecule has 0 spiro atoms. The molecular weight excluding hydrogens is 234 g/mol. The summed E-state index contributed by atoms with van der Waals surface area (Å²) in [6.45, 7) is 5.77. The van der Waals surface area contributed by atoms with Gasteiger partial charge in [0.2, 0.25) is 0 Å². The predicted octanol–water partition coefficient (Wildman–Crippen LogP) is 2.64. The minimum Gasteiger partial charge on any atom is -0.468 e. The number of furan rings is 1. The Hall–Kier alpha value is -1.33. The standard InChI is InChI=1S/C12H15N3OS/c1-3-13-6-10-7-14-12(15-8-10)17-11-4-5-16-9(11)2/h4-5,7-8,13H,3,6H2,1-2H3. The van der Waals surface area contributed by atoms with E-state index in [1.807, 2.05) is 25.4 Å². The summed E-state index contributed by atoms with van der Waals surface area (Å²) in [6, 6.07) is 1.93. The van der Waals surface area contributed by atoms with E-state index in [4.69, 9.17) is 4.42 Å². The molecule has 0 bridgehead atoms. The lowest BCUT2D eigenvalue weighted by Crippen LogP contribution is -2.12. The zero-order chi connectivity index (χ0) is 12.1. The van der Waals surface area contributed by atoms with Gasteiger partial charge >= 0.3 is 0 Å². The molecule has 5 heteroatoms. The van der Waals surface area contributed by atoms with Crippen molar-refractivity contribution in [1.29, 1.82) is 0 Å². The lowest BCUT2D eigenvalue weighted by Gasteiger charge is -2.02. The van der Waals surface area contributed by atoms with Crippen molar-refractivity contribution in [3.8, 4) is 0 Å². The summed E-state index contributed by atoms with van der Waals surface area (Å²) in [7, 11) is 0. The molecule has 0 aromatic carbocycles. The quantitative estimate of drug-likeness (QED) is 0.825. The van der Waals surface area contributed by atoms with Crippen molar-refractivity contribution in [1.82, 2.24) is 15.3 Å². The van der Waals surface area contributed by atoms with Crippen molar-refractivity contribution in [2.45, 2.75) is 30.4 Å². The zero-order valence-electron chi connectivity index (χ0n) is 9.93. The molecule has 0 fully saturated rings. The second kappa shape index (κ2) is 5.84. The summed E-state index contributed by atoms with van der Waals surface area (Å²) < 4.78 is 5.23. The second-order valence-corrected chi connectivity index (χ2v) is 4.61. The molecule has 0 radical (unpaired) electrons. The van der Waals surface area contributed by atoms with Gasteiger partial charge in [-0.1, -0.05) is 6.92 Å². The van der Waals surface area contributed by atoms with Crippen LogP contribution in [0.15, 0.2) is 39.2 Å². The molecule has 0 saturated heterocycles. The molecular formula is C12H15N3OS. The fraction of sp³-hybridized carbons (Fsp3) is 0.333. The van der Waals surface area contributed by atoms with Crippen molar-refractivity contribution in [2.75, 3.05) is 6.54 Å². The van der Waals surface area contributed by atoms with Gasteiger partial charge in [0, 0.05) is 24.5 Å². The van der Waals surface area contributed by atoms with E-state index in [0.29, 0.717) is 0 Å². The van der Waals surface area contributed by atoms with E-state index >= 15 is 0 Å². The van der Waals surface area contributed by atoms with Gasteiger partial charge in [-0.05, 0) is 31.3 Å². The minimum absolute atomic E-state index is 0.745. The number of nitrogens with one attached hydrogen (secondary N) is 1. The van der Waals surface area contributed by atoms with Gasteiger partial charge < -0.3 is 9.73 Å². The monoisotopic (exact) mass is 249 g/mol. The Morgan fingerprint density at radius 3 is 2.71 bits per heavy atom. The van der Waals surface area contributed by atoms with Gasteiger partial charge in [0.05, 0.1) is 11.2 Å². The SMILES string of the molecule is CCNCc1cnc(Sc2ccoc2C)nc1. The third kappa shape index (κ3) is 3.31. The normalized spacial score (nSPS) is 10.7. The maximum absolute atomic E-state index is 5.23. The van der Waals surface area contributed by atoms with Crippen molar-refractivity contribution in [3.63, 3.8) is 0 Å². The summed E-state index contributed by atoms with van der Waals surface area (Å²) in [5.74, 6) is 0.898. The van der Waals surface area contributed by atoms with E-state index in [-0.39, 0.29) is 0 Å². The molecule has 0 aliphatic heterocycles. The Balaban J connectivity index is 2.01. The molecule has 0 aliphatic rings. The van der Waals surface area contributed by atoms with Crippen LogP contribution in [0.4, 0.5) is 0 Å². The molecule has 17 heavy (non-hydrogen) atoms. The Bertz CT molecular complexity index is 467. The van der Waals surface area contributed by atoms with E-state index in [2.05, 4.69) is 22.2 Å². The van der Waals surface area contributed by atoms with Crippen LogP contribution in [0.2, 0.25) is 0 Å². The van der Waals surface area contributed by atoms with Crippen molar-refractivity contribution in [2.24, 2.45) is 0 Å². The minimum atomic E-state index is 0.745. The first-order valence-electron chi connectivity index (χ1n) is 5.53. The first kappa shape index (κ1) is 12.1. The van der Waals surface area contributed by atoms with E-state index < -0.39 is 0 Å². The number of rotatable bonds is 5. The van der Waals surface area contributed by atoms with Gasteiger partial charge in [-0.2, -0.15) is 0 Å². The predicted molar refractivity (Wildman–Crippen MR) is 67.0 cm³/mol. The van der Waals surface area contributed by atoms with Gasteiger partial charge in [-0.15, -0.1) is 0 Å². The van der Waals surface area contributed by atoms with Crippen LogP contribution < -0.4 is 5.32 Å². The molecule has 0 saturated carbocycles. The van der Waals surface area contributed by atoms with Crippen LogP contribution >= 0.6 is 11.8 Å². The Morgan fingerprint density at radius 1 is 1.35 bits per heavy atom. The molecule has 0 aliphatic carbocycles. The highest BCUT2D eigenvalue weighted by Crippen LogP contribution is 2.27. The fourth-order valence-corrected chi connectivity index (χ4v) is 2.06. The van der Waals surface area contributed by atoms with Crippen molar-refractivity contribution < 1.29 is 4.42 Å². The lowest BCUT2D eigenvalue weighted by molar-refractivity contribution is 0.527. The summed E-state index contributed by atoms with van der Waals surface area (Å²) in [4.78, 5) is 9.70. The van der Waals surface area contributed by atoms with Gasteiger partial charge in [0.25, 0.3) is 0 Å². The van der Waals surface area contributed by atoms with Crippen LogP contribution in [0.5, 0.6) is 0 Å². The molecule has 90 valence electrons. The molecule has 2 aromatic heterocycles. The van der Waals surface area contributed by atoms with Crippen LogP contribution in [0.1, 0.15) is 18.2 Å². The topological polar surface area (TPSA) is 51.0 Å². The Morgan fingerprint density at radius 2 is 2.12 bits per heavy atom. The molecule has 0 atom stereocenters. The van der Waals surface area contributed by atoms with Crippen LogP contribution in [0.3, 0.4) is 0 Å². The summed E-state index contributed by atoms with van der Waals surface area (Å²) in [5, 5.41) is 3.98. The van der Waals surface area contributed by atoms with E-state index in [0.717, 1.165) is 34.5 Å². The smallest absolute Gasteiger partial charge is 0.192 e. The highest BCUT2D eigenvalue weighted by atomic mass is 32.2. The molecule has 1 N–H and O–H groups in total. The maximum atomic E-state index is 5.23. The zero-order valence-corrected chi connectivity index (χ0v) is 10.8. The summed E-state index contributed by atoms with van der Waals surface area (Å²) >= 11 is 1.52. The highest BCUT2D eigenvalue weighted by Gasteiger charge is 2.05. The first-order valence-corrected chi connectivity index (χ1v) is 6.35. The number of hydrogen-bond donors (Lipinski definition) is 1. The van der Waals surface area contributed by atoms with Crippen LogP contribution in [-0.2, 0) is 6.54 Å². The lowest BCUT2D eigenvalue weighted by atomic mass is 10.3. The largest absolute Gasteiger partial charge is 0.468 e. The Kier molecular flexibility index (Phi) is 4.17.